The minimum Gasteiger partial charge on any atom is -0.379 e. The molecule has 1 saturated heterocycles. The van der Waals surface area contributed by atoms with Crippen LogP contribution in [0.5, 0.6) is 0 Å². The number of imidazole rings is 1. The van der Waals surface area contributed by atoms with Crippen molar-refractivity contribution in [3.05, 3.63) is 53.2 Å². The molecule has 9 nitrogen and oxygen atoms in total. The van der Waals surface area contributed by atoms with Crippen LogP contribution in [-0.4, -0.2) is 69.0 Å². The molecule has 0 atom stereocenters. The van der Waals surface area contributed by atoms with E-state index in [9.17, 15) is 13.2 Å². The van der Waals surface area contributed by atoms with Crippen LogP contribution in [0, 0.1) is 13.8 Å². The fraction of sp³-hybridized carbons (Fsp3) is 0.417. The Kier molecular flexibility index (Phi) is 6.63. The number of fused-ring (bicyclic) bond motifs is 1. The van der Waals surface area contributed by atoms with E-state index in [1.807, 2.05) is 6.92 Å². The van der Waals surface area contributed by atoms with E-state index in [0.717, 1.165) is 45.0 Å². The molecule has 0 unspecified atom stereocenters. The molecule has 4 aromatic rings. The highest BCUT2D eigenvalue weighted by atomic mass is 19.4. The average Bonchev–Trinajstić information content (AvgIpc) is 3.41. The number of nitrogens with one attached hydrogen (secondary N) is 1. The van der Waals surface area contributed by atoms with Crippen molar-refractivity contribution in [1.82, 2.24) is 29.6 Å². The molecule has 190 valence electrons. The molecular weight excluding hydrogens is 475 g/mol. The van der Waals surface area contributed by atoms with E-state index in [1.54, 1.807) is 17.8 Å². The SMILES string of the molecule is Cc1noc(C)c1-c1nc(NCCN2CCOCC2)c2ncn(Cc3ccc(C(F)(F)F)cc3)c2n1. The molecule has 0 amide bonds. The smallest absolute Gasteiger partial charge is 0.379 e. The third kappa shape index (κ3) is 5.05. The number of benzene rings is 1. The average molecular weight is 502 g/mol. The van der Waals surface area contributed by atoms with E-state index in [4.69, 9.17) is 19.2 Å². The number of alkyl halides is 3. The van der Waals surface area contributed by atoms with Gasteiger partial charge in [0.15, 0.2) is 17.3 Å². The van der Waals surface area contributed by atoms with Crippen LogP contribution in [0.4, 0.5) is 19.0 Å². The van der Waals surface area contributed by atoms with Gasteiger partial charge in [0.1, 0.15) is 11.3 Å². The molecular formula is C24H26F3N7O2. The first-order valence-electron chi connectivity index (χ1n) is 11.7. The summed E-state index contributed by atoms with van der Waals surface area (Å²) in [5.41, 5.74) is 2.53. The van der Waals surface area contributed by atoms with Crippen molar-refractivity contribution in [2.45, 2.75) is 26.6 Å². The van der Waals surface area contributed by atoms with Gasteiger partial charge in [-0.25, -0.2) is 15.0 Å². The summed E-state index contributed by atoms with van der Waals surface area (Å²) in [6.45, 7) is 8.61. The minimum atomic E-state index is -4.38. The van der Waals surface area contributed by atoms with Crippen LogP contribution in [0.2, 0.25) is 0 Å². The maximum atomic E-state index is 13.0. The van der Waals surface area contributed by atoms with Gasteiger partial charge >= 0.3 is 6.18 Å². The summed E-state index contributed by atoms with van der Waals surface area (Å²) in [6, 6.07) is 5.09. The number of hydrogen-bond acceptors (Lipinski definition) is 8. The van der Waals surface area contributed by atoms with Gasteiger partial charge in [-0.1, -0.05) is 17.3 Å². The van der Waals surface area contributed by atoms with E-state index in [2.05, 4.69) is 20.4 Å². The third-order valence-electron chi connectivity index (χ3n) is 6.18. The maximum Gasteiger partial charge on any atom is 0.416 e. The summed E-state index contributed by atoms with van der Waals surface area (Å²) < 4.78 is 51.4. The second kappa shape index (κ2) is 9.86. The Balaban J connectivity index is 1.46. The van der Waals surface area contributed by atoms with Gasteiger partial charge in [-0.2, -0.15) is 13.2 Å². The quantitative estimate of drug-likeness (QED) is 0.408. The topological polar surface area (TPSA) is 94.1 Å². The van der Waals surface area contributed by atoms with Crippen LogP contribution in [0.3, 0.4) is 0 Å². The fourth-order valence-electron chi connectivity index (χ4n) is 4.25. The molecule has 0 saturated carbocycles. The first kappa shape index (κ1) is 24.2. The molecule has 1 aliphatic rings. The van der Waals surface area contributed by atoms with Crippen LogP contribution < -0.4 is 5.32 Å². The first-order chi connectivity index (χ1) is 17.3. The summed E-state index contributed by atoms with van der Waals surface area (Å²) >= 11 is 0. The molecule has 0 radical (unpaired) electrons. The van der Waals surface area contributed by atoms with Crippen LogP contribution in [0.1, 0.15) is 22.6 Å². The van der Waals surface area contributed by atoms with Gasteiger partial charge in [-0.05, 0) is 31.5 Å². The predicted molar refractivity (Wildman–Crippen MR) is 127 cm³/mol. The molecule has 1 N–H and O–H groups in total. The number of anilines is 1. The van der Waals surface area contributed by atoms with E-state index in [-0.39, 0.29) is 0 Å². The minimum absolute atomic E-state index is 0.305. The molecule has 0 spiro atoms. The lowest BCUT2D eigenvalue weighted by Gasteiger charge is -2.26. The molecule has 1 aliphatic heterocycles. The van der Waals surface area contributed by atoms with Crippen molar-refractivity contribution in [2.24, 2.45) is 0 Å². The Morgan fingerprint density at radius 2 is 1.81 bits per heavy atom. The Labute approximate surface area is 205 Å². The predicted octanol–water partition coefficient (Wildman–Crippen LogP) is 3.91. The lowest BCUT2D eigenvalue weighted by atomic mass is 10.1. The Hall–Kier alpha value is -3.51. The molecule has 5 rings (SSSR count). The number of halogens is 3. The van der Waals surface area contributed by atoms with Crippen molar-refractivity contribution < 1.29 is 22.4 Å². The summed E-state index contributed by atoms with van der Waals surface area (Å²) in [6.07, 6.45) is -2.75. The van der Waals surface area contributed by atoms with Gasteiger partial charge in [0.25, 0.3) is 0 Å². The lowest BCUT2D eigenvalue weighted by Crippen LogP contribution is -2.39. The summed E-state index contributed by atoms with van der Waals surface area (Å²) in [5, 5.41) is 7.42. The van der Waals surface area contributed by atoms with Gasteiger partial charge < -0.3 is 19.1 Å². The van der Waals surface area contributed by atoms with Crippen molar-refractivity contribution >= 4 is 17.0 Å². The molecule has 1 aromatic carbocycles. The van der Waals surface area contributed by atoms with Gasteiger partial charge in [0, 0.05) is 26.2 Å². The summed E-state index contributed by atoms with van der Waals surface area (Å²) in [4.78, 5) is 16.3. The number of ether oxygens (including phenoxy) is 1. The number of hydrogen-bond donors (Lipinski definition) is 1. The van der Waals surface area contributed by atoms with Gasteiger partial charge in [0.2, 0.25) is 0 Å². The van der Waals surface area contributed by atoms with Gasteiger partial charge in [0.05, 0.1) is 42.9 Å². The lowest BCUT2D eigenvalue weighted by molar-refractivity contribution is -0.137. The molecule has 12 heteroatoms. The number of rotatable bonds is 7. The first-order valence-corrected chi connectivity index (χ1v) is 11.7. The van der Waals surface area contributed by atoms with Crippen molar-refractivity contribution in [3.63, 3.8) is 0 Å². The number of aryl methyl sites for hydroxylation is 2. The molecule has 0 aliphatic carbocycles. The molecule has 4 heterocycles. The largest absolute Gasteiger partial charge is 0.416 e. The van der Waals surface area contributed by atoms with Crippen molar-refractivity contribution in [3.8, 4) is 11.4 Å². The van der Waals surface area contributed by atoms with Crippen LogP contribution in [-0.2, 0) is 17.5 Å². The van der Waals surface area contributed by atoms with Crippen molar-refractivity contribution in [1.29, 1.82) is 0 Å². The van der Waals surface area contributed by atoms with E-state index < -0.39 is 11.7 Å². The Morgan fingerprint density at radius 3 is 2.47 bits per heavy atom. The Bertz CT molecular complexity index is 1320. The molecule has 36 heavy (non-hydrogen) atoms. The summed E-state index contributed by atoms with van der Waals surface area (Å²) in [5.74, 6) is 1.62. The Morgan fingerprint density at radius 1 is 1.06 bits per heavy atom. The zero-order valence-electron chi connectivity index (χ0n) is 20.0. The highest BCUT2D eigenvalue weighted by molar-refractivity contribution is 5.85. The van der Waals surface area contributed by atoms with E-state index >= 15 is 0 Å². The molecule has 1 fully saturated rings. The summed E-state index contributed by atoms with van der Waals surface area (Å²) in [7, 11) is 0. The van der Waals surface area contributed by atoms with Crippen LogP contribution in [0.25, 0.3) is 22.6 Å². The van der Waals surface area contributed by atoms with Gasteiger partial charge in [-0.3, -0.25) is 4.90 Å². The van der Waals surface area contributed by atoms with E-state index in [0.29, 0.717) is 58.5 Å². The molecule has 3 aromatic heterocycles. The zero-order valence-corrected chi connectivity index (χ0v) is 20.0. The highest BCUT2D eigenvalue weighted by Gasteiger charge is 2.30. The van der Waals surface area contributed by atoms with Gasteiger partial charge in [-0.15, -0.1) is 0 Å². The normalized spacial score (nSPS) is 15.0. The van der Waals surface area contributed by atoms with Crippen molar-refractivity contribution in [2.75, 3.05) is 44.7 Å². The number of morpholine rings is 1. The molecule has 0 bridgehead atoms. The van der Waals surface area contributed by atoms with E-state index in [1.165, 1.54) is 12.1 Å². The second-order valence-corrected chi connectivity index (χ2v) is 8.72. The van der Waals surface area contributed by atoms with Crippen LogP contribution >= 0.6 is 0 Å². The second-order valence-electron chi connectivity index (χ2n) is 8.72. The zero-order chi connectivity index (χ0) is 25.3. The standard InChI is InChI=1S/C24H26F3N7O2/c1-15-19(16(2)36-32-15)21-30-22(28-7-8-33-9-11-35-12-10-33)20-23(31-21)34(14-29-20)13-17-3-5-18(6-4-17)24(25,26)27/h3-6,14H,7-13H2,1-2H3,(H,28,30,31). The van der Waals surface area contributed by atoms with Crippen LogP contribution in [0.15, 0.2) is 35.1 Å². The third-order valence-corrected chi connectivity index (χ3v) is 6.18. The maximum absolute atomic E-state index is 13.0. The highest BCUT2D eigenvalue weighted by Crippen LogP contribution is 2.30. The monoisotopic (exact) mass is 501 g/mol. The fourth-order valence-corrected chi connectivity index (χ4v) is 4.25. The number of aromatic nitrogens is 5. The number of nitrogens with zero attached hydrogens (tertiary/aromatic N) is 6.